The van der Waals surface area contributed by atoms with Crippen molar-refractivity contribution in [3.63, 3.8) is 0 Å². The van der Waals surface area contributed by atoms with Crippen molar-refractivity contribution in [2.75, 3.05) is 13.1 Å². The number of hydrogen-bond acceptors (Lipinski definition) is 4. The van der Waals surface area contributed by atoms with Crippen molar-refractivity contribution in [1.82, 2.24) is 28.8 Å². The third-order valence-electron chi connectivity index (χ3n) is 4.96. The molecule has 0 N–H and O–H groups in total. The van der Waals surface area contributed by atoms with Crippen molar-refractivity contribution in [2.24, 2.45) is 0 Å². The number of carbonyl (C=O) groups excluding carboxylic acids is 1. The lowest BCUT2D eigenvalue weighted by molar-refractivity contribution is -0.131. The Kier molecular flexibility index (Phi) is 4.62. The fraction of sp³-hybridized carbons (Fsp3) is 0.368. The third-order valence-corrected chi connectivity index (χ3v) is 4.96. The Hall–Kier alpha value is -3.16. The maximum Gasteiger partial charge on any atom is 0.346 e. The summed E-state index contributed by atoms with van der Waals surface area (Å²) in [5, 5.41) is 4.50. The lowest BCUT2D eigenvalue weighted by Gasteiger charge is -2.20. The van der Waals surface area contributed by atoms with Gasteiger partial charge in [-0.2, -0.15) is 5.10 Å². The Morgan fingerprint density at radius 1 is 1.15 bits per heavy atom. The molecule has 0 radical (unpaired) electrons. The minimum absolute atomic E-state index is 0.0338. The summed E-state index contributed by atoms with van der Waals surface area (Å²) in [7, 11) is 0. The van der Waals surface area contributed by atoms with Crippen molar-refractivity contribution in [3.8, 4) is 0 Å². The molecule has 3 heterocycles. The molecule has 27 heavy (non-hydrogen) atoms. The van der Waals surface area contributed by atoms with E-state index in [4.69, 9.17) is 0 Å². The van der Waals surface area contributed by atoms with Gasteiger partial charge in [0.05, 0.1) is 6.54 Å². The molecule has 0 atom stereocenters. The first-order valence-electron chi connectivity index (χ1n) is 9.08. The zero-order chi connectivity index (χ0) is 18.8. The van der Waals surface area contributed by atoms with Crippen LogP contribution in [-0.4, -0.2) is 47.8 Å². The Balaban J connectivity index is 1.45. The molecule has 1 aliphatic heterocycles. The van der Waals surface area contributed by atoms with E-state index in [-0.39, 0.29) is 18.1 Å². The molecule has 2 aromatic heterocycles. The molecule has 0 aliphatic carbocycles. The van der Waals surface area contributed by atoms with E-state index in [1.54, 1.807) is 21.9 Å². The topological polar surface area (TPSA) is 78.0 Å². The van der Waals surface area contributed by atoms with Gasteiger partial charge in [-0.05, 0) is 12.5 Å². The van der Waals surface area contributed by atoms with Crippen LogP contribution in [0.1, 0.15) is 17.2 Å². The number of nitrogens with zero attached hydrogens (tertiary/aromatic N) is 6. The lowest BCUT2D eigenvalue weighted by atomic mass is 10.2. The number of aromatic nitrogens is 5. The fourth-order valence-electron chi connectivity index (χ4n) is 3.39. The summed E-state index contributed by atoms with van der Waals surface area (Å²) in [4.78, 5) is 31.2. The number of fused-ring (bicyclic) bond motifs is 1. The highest BCUT2D eigenvalue weighted by atomic mass is 16.2. The molecule has 0 spiro atoms. The molecule has 3 aromatic rings. The Labute approximate surface area is 156 Å². The van der Waals surface area contributed by atoms with Crippen LogP contribution in [0.5, 0.6) is 0 Å². The van der Waals surface area contributed by atoms with Gasteiger partial charge in [0.1, 0.15) is 18.2 Å². The van der Waals surface area contributed by atoms with Gasteiger partial charge in [-0.1, -0.05) is 30.3 Å². The summed E-state index contributed by atoms with van der Waals surface area (Å²) in [6, 6.07) is 9.82. The second kappa shape index (κ2) is 7.22. The van der Waals surface area contributed by atoms with Crippen molar-refractivity contribution >= 4 is 5.91 Å². The van der Waals surface area contributed by atoms with Crippen LogP contribution in [0.15, 0.2) is 47.5 Å². The standard InChI is InChI=1S/C19H22N6O2/c1-15-20-8-10-23(15)14-18(26)22-9-7-17-21-25(19(27)24(17)12-11-22)13-16-5-3-2-4-6-16/h2-6,8,10H,7,9,11-14H2,1H3. The van der Waals surface area contributed by atoms with Gasteiger partial charge in [0, 0.05) is 38.4 Å². The minimum Gasteiger partial charge on any atom is -0.339 e. The molecule has 4 rings (SSSR count). The SMILES string of the molecule is Cc1nccn1CC(=O)N1CCc2nn(Cc3ccccc3)c(=O)n2CC1. The highest BCUT2D eigenvalue weighted by Gasteiger charge is 2.22. The summed E-state index contributed by atoms with van der Waals surface area (Å²) >= 11 is 0. The summed E-state index contributed by atoms with van der Waals surface area (Å²) in [5.74, 6) is 1.59. The molecule has 1 aliphatic rings. The van der Waals surface area contributed by atoms with Crippen LogP contribution in [0.2, 0.25) is 0 Å². The second-order valence-corrected chi connectivity index (χ2v) is 6.73. The second-order valence-electron chi connectivity index (χ2n) is 6.73. The van der Waals surface area contributed by atoms with Gasteiger partial charge in [0.25, 0.3) is 0 Å². The lowest BCUT2D eigenvalue weighted by Crippen LogP contribution is -2.37. The van der Waals surface area contributed by atoms with E-state index in [1.165, 1.54) is 4.68 Å². The average Bonchev–Trinajstić information content (AvgIpc) is 3.11. The van der Waals surface area contributed by atoms with Gasteiger partial charge < -0.3 is 9.47 Å². The molecule has 0 saturated carbocycles. The van der Waals surface area contributed by atoms with Crippen LogP contribution < -0.4 is 5.69 Å². The largest absolute Gasteiger partial charge is 0.346 e. The molecule has 0 unspecified atom stereocenters. The van der Waals surface area contributed by atoms with Crippen LogP contribution in [0.4, 0.5) is 0 Å². The van der Waals surface area contributed by atoms with Crippen LogP contribution in [-0.2, 0) is 30.8 Å². The van der Waals surface area contributed by atoms with E-state index in [2.05, 4.69) is 10.1 Å². The highest BCUT2D eigenvalue weighted by molar-refractivity contribution is 5.76. The van der Waals surface area contributed by atoms with Crippen molar-refractivity contribution in [1.29, 1.82) is 0 Å². The first-order valence-corrected chi connectivity index (χ1v) is 9.08. The third kappa shape index (κ3) is 3.55. The van der Waals surface area contributed by atoms with E-state index >= 15 is 0 Å². The maximum atomic E-state index is 12.7. The molecule has 0 saturated heterocycles. The predicted molar refractivity (Wildman–Crippen MR) is 99.3 cm³/mol. The zero-order valence-electron chi connectivity index (χ0n) is 15.3. The van der Waals surface area contributed by atoms with Crippen molar-refractivity contribution in [3.05, 3.63) is 70.4 Å². The molecule has 8 heteroatoms. The van der Waals surface area contributed by atoms with E-state index in [9.17, 15) is 9.59 Å². The van der Waals surface area contributed by atoms with Crippen LogP contribution >= 0.6 is 0 Å². The van der Waals surface area contributed by atoms with Gasteiger partial charge in [0.2, 0.25) is 5.91 Å². The maximum absolute atomic E-state index is 12.7. The van der Waals surface area contributed by atoms with E-state index < -0.39 is 0 Å². The Morgan fingerprint density at radius 3 is 2.70 bits per heavy atom. The number of aryl methyl sites for hydroxylation is 1. The number of rotatable bonds is 4. The molecule has 1 aromatic carbocycles. The van der Waals surface area contributed by atoms with Gasteiger partial charge in [0.15, 0.2) is 0 Å². The van der Waals surface area contributed by atoms with Crippen LogP contribution in [0, 0.1) is 6.92 Å². The highest BCUT2D eigenvalue weighted by Crippen LogP contribution is 2.08. The quantitative estimate of drug-likeness (QED) is 0.680. The predicted octanol–water partition coefficient (Wildman–Crippen LogP) is 0.683. The Bertz CT molecular complexity index is 1000. The first-order chi connectivity index (χ1) is 13.1. The molecular formula is C19H22N6O2. The fourth-order valence-corrected chi connectivity index (χ4v) is 3.39. The Morgan fingerprint density at radius 2 is 1.96 bits per heavy atom. The van der Waals surface area contributed by atoms with Gasteiger partial charge in [-0.15, -0.1) is 0 Å². The van der Waals surface area contributed by atoms with E-state index in [1.807, 2.05) is 41.8 Å². The normalized spacial score (nSPS) is 14.0. The number of carbonyl (C=O) groups is 1. The van der Waals surface area contributed by atoms with Crippen LogP contribution in [0.25, 0.3) is 0 Å². The molecule has 1 amide bonds. The summed E-state index contributed by atoms with van der Waals surface area (Å²) in [6.45, 7) is 4.15. The number of imidazole rings is 1. The monoisotopic (exact) mass is 366 g/mol. The summed E-state index contributed by atoms with van der Waals surface area (Å²) in [5.41, 5.74) is 0.925. The summed E-state index contributed by atoms with van der Waals surface area (Å²) < 4.78 is 5.04. The van der Waals surface area contributed by atoms with Gasteiger partial charge in [-0.25, -0.2) is 14.5 Å². The van der Waals surface area contributed by atoms with Crippen molar-refractivity contribution < 1.29 is 4.79 Å². The molecule has 140 valence electrons. The van der Waals surface area contributed by atoms with Gasteiger partial charge >= 0.3 is 5.69 Å². The molecular weight excluding hydrogens is 344 g/mol. The molecule has 0 bridgehead atoms. The average molecular weight is 366 g/mol. The number of benzene rings is 1. The minimum atomic E-state index is -0.117. The van der Waals surface area contributed by atoms with Crippen molar-refractivity contribution in [2.45, 2.75) is 33.0 Å². The number of hydrogen-bond donors (Lipinski definition) is 0. The molecule has 0 fully saturated rings. The first kappa shape index (κ1) is 17.3. The molecule has 8 nitrogen and oxygen atoms in total. The van der Waals surface area contributed by atoms with E-state index in [0.29, 0.717) is 32.6 Å². The summed E-state index contributed by atoms with van der Waals surface area (Å²) in [6.07, 6.45) is 4.07. The van der Waals surface area contributed by atoms with E-state index in [0.717, 1.165) is 17.2 Å². The number of amides is 1. The van der Waals surface area contributed by atoms with Gasteiger partial charge in [-0.3, -0.25) is 9.36 Å². The smallest absolute Gasteiger partial charge is 0.339 e. The van der Waals surface area contributed by atoms with Crippen LogP contribution in [0.3, 0.4) is 0 Å². The zero-order valence-corrected chi connectivity index (χ0v) is 15.3.